The molecule has 1 aromatic heterocycles. The maximum Gasteiger partial charge on any atom is 0.236 e. The van der Waals surface area contributed by atoms with Crippen LogP contribution in [-0.4, -0.2) is 30.4 Å². The summed E-state index contributed by atoms with van der Waals surface area (Å²) in [6, 6.07) is 2.02. The van der Waals surface area contributed by atoms with Crippen LogP contribution in [0.25, 0.3) is 0 Å². The van der Waals surface area contributed by atoms with Gasteiger partial charge in [0.15, 0.2) is 0 Å². The Morgan fingerprint density at radius 3 is 2.69 bits per heavy atom. The molecule has 5 heteroatoms. The van der Waals surface area contributed by atoms with Crippen LogP contribution in [0.2, 0.25) is 0 Å². The topological polar surface area (TPSA) is 32.3 Å². The molecule has 1 aromatic rings. The highest BCUT2D eigenvalue weighted by Gasteiger charge is 2.09. The first-order chi connectivity index (χ1) is 7.69. The average Bonchev–Trinajstić information content (AvgIpc) is 2.66. The molecule has 0 radical (unpaired) electrons. The van der Waals surface area contributed by atoms with E-state index in [-0.39, 0.29) is 5.91 Å². The van der Waals surface area contributed by atoms with Crippen molar-refractivity contribution in [1.29, 1.82) is 0 Å². The standard InChI is InChI=1S/C11H17BrN2OS/c1-3-14(4-2)11(15)8-13-7-10-9(12)5-6-16-10/h5-6,13H,3-4,7-8H2,1-2H3. The van der Waals surface area contributed by atoms with E-state index in [1.807, 2.05) is 30.2 Å². The van der Waals surface area contributed by atoms with Crippen LogP contribution < -0.4 is 5.32 Å². The molecule has 0 fully saturated rings. The SMILES string of the molecule is CCN(CC)C(=O)CNCc1sccc1Br. The summed E-state index contributed by atoms with van der Waals surface area (Å²) in [6.45, 7) is 6.70. The predicted octanol–water partition coefficient (Wildman–Crippen LogP) is 2.47. The second kappa shape index (κ2) is 7.04. The zero-order valence-electron chi connectivity index (χ0n) is 9.62. The largest absolute Gasteiger partial charge is 0.342 e. The number of thiophene rings is 1. The molecule has 0 aliphatic carbocycles. The van der Waals surface area contributed by atoms with Gasteiger partial charge in [0, 0.05) is 29.0 Å². The Kier molecular flexibility index (Phi) is 6.01. The number of rotatable bonds is 6. The Balaban J connectivity index is 2.30. The summed E-state index contributed by atoms with van der Waals surface area (Å²) in [5, 5.41) is 5.20. The molecule has 0 aliphatic heterocycles. The van der Waals surface area contributed by atoms with Crippen LogP contribution in [0.3, 0.4) is 0 Å². The Bertz CT molecular complexity index is 336. The van der Waals surface area contributed by atoms with Gasteiger partial charge in [0.1, 0.15) is 0 Å². The number of nitrogens with one attached hydrogen (secondary N) is 1. The van der Waals surface area contributed by atoms with E-state index in [1.165, 1.54) is 4.88 Å². The van der Waals surface area contributed by atoms with Gasteiger partial charge in [-0.25, -0.2) is 0 Å². The summed E-state index contributed by atoms with van der Waals surface area (Å²) in [6.07, 6.45) is 0. The van der Waals surface area contributed by atoms with E-state index in [0.29, 0.717) is 6.54 Å². The Labute approximate surface area is 109 Å². The molecule has 0 aromatic carbocycles. The van der Waals surface area contributed by atoms with E-state index in [1.54, 1.807) is 11.3 Å². The third-order valence-corrected chi connectivity index (χ3v) is 4.30. The van der Waals surface area contributed by atoms with Crippen molar-refractivity contribution in [2.75, 3.05) is 19.6 Å². The van der Waals surface area contributed by atoms with Crippen molar-refractivity contribution in [3.05, 3.63) is 20.8 Å². The second-order valence-electron chi connectivity index (χ2n) is 3.36. The van der Waals surface area contributed by atoms with Crippen LogP contribution in [0.1, 0.15) is 18.7 Å². The molecule has 0 bridgehead atoms. The summed E-state index contributed by atoms with van der Waals surface area (Å²) in [7, 11) is 0. The van der Waals surface area contributed by atoms with Gasteiger partial charge in [-0.1, -0.05) is 0 Å². The molecule has 1 N–H and O–H groups in total. The lowest BCUT2D eigenvalue weighted by atomic mass is 10.4. The molecule has 90 valence electrons. The van der Waals surface area contributed by atoms with Crippen molar-refractivity contribution < 1.29 is 4.79 Å². The average molecular weight is 305 g/mol. The van der Waals surface area contributed by atoms with Gasteiger partial charge in [-0.2, -0.15) is 0 Å². The number of likely N-dealkylation sites (N-methyl/N-ethyl adjacent to an activating group) is 1. The lowest BCUT2D eigenvalue weighted by molar-refractivity contribution is -0.129. The van der Waals surface area contributed by atoms with Crippen LogP contribution >= 0.6 is 27.3 Å². The molecule has 1 heterocycles. The summed E-state index contributed by atoms with van der Waals surface area (Å²) >= 11 is 5.15. The third kappa shape index (κ3) is 3.88. The number of hydrogen-bond acceptors (Lipinski definition) is 3. The monoisotopic (exact) mass is 304 g/mol. The fourth-order valence-electron chi connectivity index (χ4n) is 1.42. The van der Waals surface area contributed by atoms with Crippen LogP contribution in [-0.2, 0) is 11.3 Å². The highest BCUT2D eigenvalue weighted by atomic mass is 79.9. The van der Waals surface area contributed by atoms with Crippen molar-refractivity contribution in [3.8, 4) is 0 Å². The molecule has 0 spiro atoms. The van der Waals surface area contributed by atoms with E-state index in [2.05, 4.69) is 21.2 Å². The Morgan fingerprint density at radius 2 is 2.19 bits per heavy atom. The maximum atomic E-state index is 11.7. The minimum absolute atomic E-state index is 0.165. The summed E-state index contributed by atoms with van der Waals surface area (Å²) in [4.78, 5) is 14.7. The highest BCUT2D eigenvalue weighted by molar-refractivity contribution is 9.10. The molecular weight excluding hydrogens is 288 g/mol. The molecule has 0 unspecified atom stereocenters. The lowest BCUT2D eigenvalue weighted by Crippen LogP contribution is -2.37. The van der Waals surface area contributed by atoms with Gasteiger partial charge in [-0.05, 0) is 41.2 Å². The molecule has 0 aliphatic rings. The molecule has 1 rings (SSSR count). The quantitative estimate of drug-likeness (QED) is 0.875. The molecule has 0 saturated heterocycles. The van der Waals surface area contributed by atoms with Crippen LogP contribution in [0, 0.1) is 0 Å². The second-order valence-corrected chi connectivity index (χ2v) is 5.22. The summed E-state index contributed by atoms with van der Waals surface area (Å²) in [5.74, 6) is 0.165. The lowest BCUT2D eigenvalue weighted by Gasteiger charge is -2.18. The number of carbonyl (C=O) groups is 1. The molecule has 0 saturated carbocycles. The molecule has 1 amide bonds. The fourth-order valence-corrected chi connectivity index (χ4v) is 2.88. The van der Waals surface area contributed by atoms with Gasteiger partial charge in [0.2, 0.25) is 5.91 Å². The number of hydrogen-bond donors (Lipinski definition) is 1. The van der Waals surface area contributed by atoms with Gasteiger partial charge in [-0.3, -0.25) is 4.79 Å². The number of nitrogens with zero attached hydrogens (tertiary/aromatic N) is 1. The Hall–Kier alpha value is -0.390. The van der Waals surface area contributed by atoms with Gasteiger partial charge >= 0.3 is 0 Å². The summed E-state index contributed by atoms with van der Waals surface area (Å²) in [5.41, 5.74) is 0. The van der Waals surface area contributed by atoms with Crippen LogP contribution in [0.4, 0.5) is 0 Å². The van der Waals surface area contributed by atoms with E-state index in [0.717, 1.165) is 24.1 Å². The molecular formula is C11H17BrN2OS. The van der Waals surface area contributed by atoms with Gasteiger partial charge in [0.05, 0.1) is 6.54 Å². The first-order valence-electron chi connectivity index (χ1n) is 5.39. The van der Waals surface area contributed by atoms with E-state index in [9.17, 15) is 4.79 Å². The number of halogens is 1. The first-order valence-corrected chi connectivity index (χ1v) is 7.06. The van der Waals surface area contributed by atoms with E-state index in [4.69, 9.17) is 0 Å². The molecule has 16 heavy (non-hydrogen) atoms. The van der Waals surface area contributed by atoms with Gasteiger partial charge < -0.3 is 10.2 Å². The van der Waals surface area contributed by atoms with Crippen molar-refractivity contribution in [1.82, 2.24) is 10.2 Å². The van der Waals surface area contributed by atoms with Crippen molar-refractivity contribution in [2.45, 2.75) is 20.4 Å². The van der Waals surface area contributed by atoms with Gasteiger partial charge in [-0.15, -0.1) is 11.3 Å². The number of amides is 1. The number of carbonyl (C=O) groups excluding carboxylic acids is 1. The summed E-state index contributed by atoms with van der Waals surface area (Å²) < 4.78 is 1.11. The van der Waals surface area contributed by atoms with E-state index >= 15 is 0 Å². The van der Waals surface area contributed by atoms with Crippen molar-refractivity contribution in [2.24, 2.45) is 0 Å². The van der Waals surface area contributed by atoms with Gasteiger partial charge in [0.25, 0.3) is 0 Å². The zero-order valence-corrected chi connectivity index (χ0v) is 12.0. The van der Waals surface area contributed by atoms with E-state index < -0.39 is 0 Å². The molecule has 3 nitrogen and oxygen atoms in total. The normalized spacial score (nSPS) is 10.4. The Morgan fingerprint density at radius 1 is 1.50 bits per heavy atom. The maximum absolute atomic E-state index is 11.7. The van der Waals surface area contributed by atoms with Crippen molar-refractivity contribution in [3.63, 3.8) is 0 Å². The van der Waals surface area contributed by atoms with Crippen LogP contribution in [0.15, 0.2) is 15.9 Å². The predicted molar refractivity (Wildman–Crippen MR) is 71.7 cm³/mol. The zero-order chi connectivity index (χ0) is 12.0. The van der Waals surface area contributed by atoms with Crippen molar-refractivity contribution >= 4 is 33.2 Å². The minimum Gasteiger partial charge on any atom is -0.342 e. The smallest absolute Gasteiger partial charge is 0.236 e. The third-order valence-electron chi connectivity index (χ3n) is 2.37. The highest BCUT2D eigenvalue weighted by Crippen LogP contribution is 2.21. The van der Waals surface area contributed by atoms with Crippen LogP contribution in [0.5, 0.6) is 0 Å². The minimum atomic E-state index is 0.165. The first kappa shape index (κ1) is 13.7. The fraction of sp³-hybridized carbons (Fsp3) is 0.545. The molecule has 0 atom stereocenters.